The molecule has 0 unspecified atom stereocenters. The summed E-state index contributed by atoms with van der Waals surface area (Å²) in [6.45, 7) is 0. The minimum absolute atomic E-state index is 0.162. The van der Waals surface area contributed by atoms with Crippen LogP contribution in [0.3, 0.4) is 0 Å². The van der Waals surface area contributed by atoms with Crippen LogP contribution < -0.4 is 5.56 Å². The topological polar surface area (TPSA) is 70.8 Å². The van der Waals surface area contributed by atoms with E-state index in [-0.39, 0.29) is 5.56 Å². The molecule has 0 aliphatic carbocycles. The van der Waals surface area contributed by atoms with Gasteiger partial charge in [0, 0.05) is 44.5 Å². The number of furan rings is 1. The maximum absolute atomic E-state index is 14.2. The van der Waals surface area contributed by atoms with Gasteiger partial charge in [-0.1, -0.05) is 91.0 Å². The molecule has 0 radical (unpaired) electrons. The zero-order chi connectivity index (χ0) is 35.5. The first kappa shape index (κ1) is 29.1. The number of para-hydroxylation sites is 5. The number of hydrogen-bond donors (Lipinski definition) is 0. The molecule has 12 aromatic rings. The fraction of sp³-hybridized carbons (Fsp3) is 0. The number of aromatic nitrogens is 5. The number of benzene rings is 7. The van der Waals surface area contributed by atoms with Crippen LogP contribution in [0.1, 0.15) is 0 Å². The monoisotopic (exact) mass is 693 g/mol. The summed E-state index contributed by atoms with van der Waals surface area (Å²) in [7, 11) is 0. The molecule has 0 aliphatic rings. The van der Waals surface area contributed by atoms with Crippen molar-refractivity contribution < 1.29 is 4.42 Å². The number of hydrogen-bond acceptors (Lipinski definition) is 4. The highest BCUT2D eigenvalue weighted by Crippen LogP contribution is 2.44. The van der Waals surface area contributed by atoms with Gasteiger partial charge in [-0.15, -0.1) is 0 Å². The van der Waals surface area contributed by atoms with E-state index in [4.69, 9.17) is 14.4 Å². The van der Waals surface area contributed by atoms with Crippen molar-refractivity contribution in [3.63, 3.8) is 0 Å². The number of fused-ring (bicyclic) bond motifs is 14. The molecule has 252 valence electrons. The summed E-state index contributed by atoms with van der Waals surface area (Å²) in [6.07, 6.45) is 1.68. The molecule has 12 rings (SSSR count). The summed E-state index contributed by atoms with van der Waals surface area (Å²) in [6, 6.07) is 53.6. The quantitative estimate of drug-likeness (QED) is 0.173. The summed E-state index contributed by atoms with van der Waals surface area (Å²) in [5.74, 6) is 0.485. The van der Waals surface area contributed by atoms with Crippen LogP contribution in [0.5, 0.6) is 0 Å². The van der Waals surface area contributed by atoms with Crippen LogP contribution in [0, 0.1) is 0 Å². The molecule has 5 heterocycles. The average Bonchev–Trinajstić information content (AvgIpc) is 3.89. The van der Waals surface area contributed by atoms with Crippen molar-refractivity contribution >= 4 is 87.4 Å². The number of nitrogens with zero attached hydrogens (tertiary/aromatic N) is 5. The van der Waals surface area contributed by atoms with Crippen molar-refractivity contribution in [2.24, 2.45) is 0 Å². The zero-order valence-corrected chi connectivity index (χ0v) is 28.6. The second-order valence-corrected chi connectivity index (χ2v) is 13.7. The Kier molecular flexibility index (Phi) is 5.80. The smallest absolute Gasteiger partial charge is 0.266 e. The highest BCUT2D eigenvalue weighted by molar-refractivity contribution is 6.30. The van der Waals surface area contributed by atoms with E-state index in [0.29, 0.717) is 16.9 Å². The van der Waals surface area contributed by atoms with Crippen LogP contribution in [0.25, 0.3) is 105 Å². The maximum atomic E-state index is 14.2. The van der Waals surface area contributed by atoms with Crippen molar-refractivity contribution in [2.75, 3.05) is 0 Å². The van der Waals surface area contributed by atoms with Crippen LogP contribution in [0.4, 0.5) is 0 Å². The molecular weight excluding hydrogens is 667 g/mol. The number of rotatable bonds is 3. The van der Waals surface area contributed by atoms with Crippen LogP contribution in [-0.2, 0) is 0 Å². The molecule has 0 aliphatic heterocycles. The zero-order valence-electron chi connectivity index (χ0n) is 28.6. The largest absolute Gasteiger partial charge is 0.455 e. The average molecular weight is 694 g/mol. The lowest BCUT2D eigenvalue weighted by molar-refractivity contribution is 0.673. The lowest BCUT2D eigenvalue weighted by Crippen LogP contribution is -2.20. The van der Waals surface area contributed by atoms with E-state index < -0.39 is 0 Å². The minimum Gasteiger partial charge on any atom is -0.455 e. The van der Waals surface area contributed by atoms with E-state index in [0.717, 1.165) is 87.8 Å². The third kappa shape index (κ3) is 3.82. The summed E-state index contributed by atoms with van der Waals surface area (Å²) >= 11 is 0. The van der Waals surface area contributed by atoms with Gasteiger partial charge in [-0.2, -0.15) is 0 Å². The fourth-order valence-corrected chi connectivity index (χ4v) is 8.66. The van der Waals surface area contributed by atoms with Crippen LogP contribution in [-0.4, -0.2) is 23.7 Å². The first-order valence-corrected chi connectivity index (χ1v) is 18.0. The lowest BCUT2D eigenvalue weighted by atomic mass is 10.1. The molecule has 0 bridgehead atoms. The highest BCUT2D eigenvalue weighted by atomic mass is 16.3. The molecule has 7 nitrogen and oxygen atoms in total. The van der Waals surface area contributed by atoms with Gasteiger partial charge >= 0.3 is 0 Å². The Hall–Kier alpha value is -7.51. The van der Waals surface area contributed by atoms with Gasteiger partial charge in [-0.05, 0) is 66.7 Å². The molecule has 0 N–H and O–H groups in total. The van der Waals surface area contributed by atoms with E-state index >= 15 is 0 Å². The molecule has 5 aromatic heterocycles. The second-order valence-electron chi connectivity index (χ2n) is 13.7. The van der Waals surface area contributed by atoms with Gasteiger partial charge in [0.1, 0.15) is 11.2 Å². The fourth-order valence-electron chi connectivity index (χ4n) is 8.66. The van der Waals surface area contributed by atoms with Crippen LogP contribution in [0.15, 0.2) is 173 Å². The van der Waals surface area contributed by atoms with Crippen molar-refractivity contribution in [1.29, 1.82) is 0 Å². The van der Waals surface area contributed by atoms with Crippen molar-refractivity contribution in [1.82, 2.24) is 23.7 Å². The maximum Gasteiger partial charge on any atom is 0.266 e. The predicted octanol–water partition coefficient (Wildman–Crippen LogP) is 11.0. The molecule has 0 fully saturated rings. The first-order valence-electron chi connectivity index (χ1n) is 18.0. The number of pyridine rings is 1. The van der Waals surface area contributed by atoms with E-state index in [9.17, 15) is 4.79 Å². The van der Waals surface area contributed by atoms with Crippen molar-refractivity contribution in [2.45, 2.75) is 0 Å². The highest BCUT2D eigenvalue weighted by Gasteiger charge is 2.24. The third-order valence-corrected chi connectivity index (χ3v) is 10.9. The van der Waals surface area contributed by atoms with Gasteiger partial charge in [-0.25, -0.2) is 9.97 Å². The molecular formula is C47H27N5O2. The minimum atomic E-state index is -0.162. The normalized spacial score (nSPS) is 12.1. The Morgan fingerprint density at radius 1 is 0.444 bits per heavy atom. The summed E-state index contributed by atoms with van der Waals surface area (Å²) < 4.78 is 13.1. The molecule has 0 atom stereocenters. The van der Waals surface area contributed by atoms with Crippen LogP contribution in [0.2, 0.25) is 0 Å². The molecule has 0 amide bonds. The second kappa shape index (κ2) is 10.8. The summed E-state index contributed by atoms with van der Waals surface area (Å²) in [4.78, 5) is 24.4. The third-order valence-electron chi connectivity index (χ3n) is 10.9. The Bertz CT molecular complexity index is 3580. The van der Waals surface area contributed by atoms with Gasteiger partial charge in [0.05, 0.1) is 49.3 Å². The standard InChI is InChI=1S/C47H27N5O2/c53-46-35-27-48-47(49-43(35)33-19-9-12-22-38(33)51(46)29-15-5-2-6-16-29)52-36-20-10-7-17-30(36)31-24-26-40-42(44(31)52)34-23-25-39-41(45(34)54-40)32-18-8-11-21-37(32)50(39)28-13-3-1-4-14-28/h1-27H. The summed E-state index contributed by atoms with van der Waals surface area (Å²) in [5, 5.41) is 7.69. The lowest BCUT2D eigenvalue weighted by Gasteiger charge is -2.14. The van der Waals surface area contributed by atoms with Crippen molar-refractivity contribution in [3.05, 3.63) is 174 Å². The Labute approximate surface area is 306 Å². The SMILES string of the molecule is O=c1c2cnc(-n3c4ccccc4c4ccc5oc6c(ccc7c6c6ccccc6n7-c6ccccc6)c5c43)nc2c2ccccc2n1-c1ccccc1. The van der Waals surface area contributed by atoms with E-state index in [2.05, 4.69) is 100 Å². The van der Waals surface area contributed by atoms with E-state index in [1.165, 1.54) is 0 Å². The van der Waals surface area contributed by atoms with Gasteiger partial charge in [0.25, 0.3) is 5.56 Å². The molecule has 0 saturated heterocycles. The molecule has 0 saturated carbocycles. The van der Waals surface area contributed by atoms with E-state index in [1.54, 1.807) is 10.8 Å². The molecule has 7 aromatic carbocycles. The Morgan fingerprint density at radius 2 is 1.04 bits per heavy atom. The van der Waals surface area contributed by atoms with Gasteiger partial charge in [0.15, 0.2) is 0 Å². The molecule has 54 heavy (non-hydrogen) atoms. The Balaban J connectivity index is 1.20. The summed E-state index contributed by atoms with van der Waals surface area (Å²) in [5.41, 5.74) is 8.87. The van der Waals surface area contributed by atoms with Gasteiger partial charge in [0.2, 0.25) is 5.95 Å². The van der Waals surface area contributed by atoms with Gasteiger partial charge < -0.3 is 8.98 Å². The predicted molar refractivity (Wildman–Crippen MR) is 219 cm³/mol. The van der Waals surface area contributed by atoms with Crippen molar-refractivity contribution in [3.8, 4) is 17.3 Å². The molecule has 7 heteroatoms. The van der Waals surface area contributed by atoms with Gasteiger partial charge in [-0.3, -0.25) is 13.9 Å². The molecule has 0 spiro atoms. The first-order chi connectivity index (χ1) is 26.7. The Morgan fingerprint density at radius 3 is 1.78 bits per heavy atom. The van der Waals surface area contributed by atoms with E-state index in [1.807, 2.05) is 66.7 Å². The van der Waals surface area contributed by atoms with Crippen LogP contribution >= 0.6 is 0 Å².